The molecule has 110 valence electrons. The fourth-order valence-corrected chi connectivity index (χ4v) is 2.50. The third kappa shape index (κ3) is 2.77. The van der Waals surface area contributed by atoms with Crippen molar-refractivity contribution in [1.82, 2.24) is 14.5 Å². The Kier molecular flexibility index (Phi) is 3.64. The summed E-state index contributed by atoms with van der Waals surface area (Å²) in [6, 6.07) is 7.99. The van der Waals surface area contributed by atoms with Crippen LogP contribution in [0.5, 0.6) is 0 Å². The van der Waals surface area contributed by atoms with Crippen LogP contribution in [-0.4, -0.2) is 33.4 Å². The van der Waals surface area contributed by atoms with Crippen LogP contribution in [0, 0.1) is 0 Å². The van der Waals surface area contributed by atoms with E-state index in [2.05, 4.69) is 10.3 Å². The van der Waals surface area contributed by atoms with Gasteiger partial charge in [0, 0.05) is 38.2 Å². The van der Waals surface area contributed by atoms with Crippen molar-refractivity contribution in [3.05, 3.63) is 48.0 Å². The van der Waals surface area contributed by atoms with Crippen LogP contribution in [0.25, 0.3) is 0 Å². The third-order valence-electron chi connectivity index (χ3n) is 3.91. The van der Waals surface area contributed by atoms with E-state index in [1.807, 2.05) is 54.0 Å². The molecule has 21 heavy (non-hydrogen) atoms. The molecule has 0 unspecified atom stereocenters. The summed E-state index contributed by atoms with van der Waals surface area (Å²) in [4.78, 5) is 19.2. The summed E-state index contributed by atoms with van der Waals surface area (Å²) in [6.07, 6.45) is 5.84. The predicted molar refractivity (Wildman–Crippen MR) is 82.1 cm³/mol. The number of benzene rings is 1. The lowest BCUT2D eigenvalue weighted by molar-refractivity contribution is 0.0725. The van der Waals surface area contributed by atoms with E-state index in [1.165, 1.54) is 0 Å². The Morgan fingerprint density at radius 1 is 1.43 bits per heavy atom. The summed E-state index contributed by atoms with van der Waals surface area (Å²) in [7, 11) is 3.80. The first-order valence-electron chi connectivity index (χ1n) is 7.24. The fraction of sp³-hybridized carbons (Fsp3) is 0.375. The summed E-state index contributed by atoms with van der Waals surface area (Å²) in [5.74, 6) is 0.989. The van der Waals surface area contributed by atoms with Gasteiger partial charge >= 0.3 is 0 Å². The van der Waals surface area contributed by atoms with Crippen molar-refractivity contribution in [2.24, 2.45) is 7.05 Å². The number of para-hydroxylation sites is 1. The van der Waals surface area contributed by atoms with Gasteiger partial charge in [0.1, 0.15) is 5.82 Å². The van der Waals surface area contributed by atoms with Crippen LogP contribution >= 0.6 is 0 Å². The minimum absolute atomic E-state index is 0.0745. The number of hydrogen-bond donors (Lipinski definition) is 1. The maximum Gasteiger partial charge on any atom is 0.256 e. The molecule has 1 heterocycles. The molecule has 1 N–H and O–H groups in total. The number of carbonyl (C=O) groups excluding carboxylic acids is 1. The number of aromatic nitrogens is 2. The average Bonchev–Trinajstić information content (AvgIpc) is 3.27. The van der Waals surface area contributed by atoms with Gasteiger partial charge in [-0.1, -0.05) is 12.1 Å². The standard InChI is InChI=1S/C16H20N4O/c1-17-14-6-4-3-5-13(14)16(21)20(12-7-8-12)11-15-18-9-10-19(15)2/h3-6,9-10,12,17H,7-8,11H2,1-2H3. The fourth-order valence-electron chi connectivity index (χ4n) is 2.50. The SMILES string of the molecule is CNc1ccccc1C(=O)N(Cc1nccn1C)C1CC1. The zero-order valence-electron chi connectivity index (χ0n) is 12.4. The molecule has 1 fully saturated rings. The van der Waals surface area contributed by atoms with Gasteiger partial charge in [-0.25, -0.2) is 4.98 Å². The third-order valence-corrected chi connectivity index (χ3v) is 3.91. The number of imidazole rings is 1. The molecule has 0 saturated heterocycles. The largest absolute Gasteiger partial charge is 0.387 e. The highest BCUT2D eigenvalue weighted by Crippen LogP contribution is 2.30. The lowest BCUT2D eigenvalue weighted by Crippen LogP contribution is -2.34. The van der Waals surface area contributed by atoms with Crippen molar-refractivity contribution in [2.75, 3.05) is 12.4 Å². The number of nitrogens with one attached hydrogen (secondary N) is 1. The van der Waals surface area contributed by atoms with E-state index in [0.29, 0.717) is 12.6 Å². The van der Waals surface area contributed by atoms with Crippen LogP contribution in [0.4, 0.5) is 5.69 Å². The van der Waals surface area contributed by atoms with Gasteiger partial charge in [-0.3, -0.25) is 4.79 Å². The molecule has 3 rings (SSSR count). The number of amides is 1. The van der Waals surface area contributed by atoms with Crippen molar-refractivity contribution in [3.63, 3.8) is 0 Å². The number of rotatable bonds is 5. The maximum absolute atomic E-state index is 12.9. The highest BCUT2D eigenvalue weighted by molar-refractivity contribution is 5.99. The second-order valence-corrected chi connectivity index (χ2v) is 5.41. The Labute approximate surface area is 124 Å². The predicted octanol–water partition coefficient (Wildman–Crippen LogP) is 2.27. The van der Waals surface area contributed by atoms with Crippen molar-refractivity contribution >= 4 is 11.6 Å². The van der Waals surface area contributed by atoms with Crippen molar-refractivity contribution < 1.29 is 4.79 Å². The number of aryl methyl sites for hydroxylation is 1. The van der Waals surface area contributed by atoms with Crippen LogP contribution in [-0.2, 0) is 13.6 Å². The highest BCUT2D eigenvalue weighted by atomic mass is 16.2. The van der Waals surface area contributed by atoms with Crippen molar-refractivity contribution in [3.8, 4) is 0 Å². The van der Waals surface area contributed by atoms with E-state index >= 15 is 0 Å². The molecule has 1 aliphatic carbocycles. The minimum Gasteiger partial charge on any atom is -0.387 e. The summed E-state index contributed by atoms with van der Waals surface area (Å²) in [5.41, 5.74) is 1.59. The molecular formula is C16H20N4O. The second kappa shape index (κ2) is 5.60. The van der Waals surface area contributed by atoms with Crippen LogP contribution < -0.4 is 5.32 Å². The summed E-state index contributed by atoms with van der Waals surface area (Å²) >= 11 is 0. The molecule has 5 nitrogen and oxygen atoms in total. The van der Waals surface area contributed by atoms with Gasteiger partial charge in [-0.05, 0) is 25.0 Å². The molecule has 1 aromatic heterocycles. The van der Waals surface area contributed by atoms with E-state index in [9.17, 15) is 4.79 Å². The first-order chi connectivity index (χ1) is 10.2. The van der Waals surface area contributed by atoms with Gasteiger partial charge in [0.2, 0.25) is 0 Å². The van der Waals surface area contributed by atoms with Crippen LogP contribution in [0.15, 0.2) is 36.7 Å². The van der Waals surface area contributed by atoms with E-state index in [0.717, 1.165) is 29.9 Å². The van der Waals surface area contributed by atoms with Crippen molar-refractivity contribution in [1.29, 1.82) is 0 Å². The second-order valence-electron chi connectivity index (χ2n) is 5.41. The van der Waals surface area contributed by atoms with E-state index in [4.69, 9.17) is 0 Å². The molecule has 1 saturated carbocycles. The highest BCUT2D eigenvalue weighted by Gasteiger charge is 2.34. The van der Waals surface area contributed by atoms with Gasteiger partial charge in [-0.2, -0.15) is 0 Å². The Balaban J connectivity index is 1.87. The molecule has 0 radical (unpaired) electrons. The topological polar surface area (TPSA) is 50.2 Å². The van der Waals surface area contributed by atoms with Crippen LogP contribution in [0.2, 0.25) is 0 Å². The number of nitrogens with zero attached hydrogens (tertiary/aromatic N) is 3. The van der Waals surface area contributed by atoms with E-state index in [1.54, 1.807) is 6.20 Å². The normalized spacial score (nSPS) is 14.0. The summed E-state index contributed by atoms with van der Waals surface area (Å²) in [6.45, 7) is 0.561. The van der Waals surface area contributed by atoms with Crippen LogP contribution in [0.3, 0.4) is 0 Å². The van der Waals surface area contributed by atoms with Gasteiger partial charge in [0.05, 0.1) is 12.1 Å². The molecule has 1 aliphatic rings. The summed E-state index contributed by atoms with van der Waals surface area (Å²) < 4.78 is 1.96. The maximum atomic E-state index is 12.9. The molecule has 0 atom stereocenters. The van der Waals surface area contributed by atoms with E-state index < -0.39 is 0 Å². The average molecular weight is 284 g/mol. The molecule has 5 heteroatoms. The molecule has 2 aromatic rings. The molecule has 0 bridgehead atoms. The Bertz CT molecular complexity index is 645. The Morgan fingerprint density at radius 2 is 2.19 bits per heavy atom. The summed E-state index contributed by atoms with van der Waals surface area (Å²) in [5, 5.41) is 3.09. The Hall–Kier alpha value is -2.30. The zero-order chi connectivity index (χ0) is 14.8. The lowest BCUT2D eigenvalue weighted by Gasteiger charge is -2.23. The van der Waals surface area contributed by atoms with Gasteiger partial charge < -0.3 is 14.8 Å². The Morgan fingerprint density at radius 3 is 2.81 bits per heavy atom. The van der Waals surface area contributed by atoms with Crippen LogP contribution in [0.1, 0.15) is 29.0 Å². The number of anilines is 1. The lowest BCUT2D eigenvalue weighted by atomic mass is 10.1. The van der Waals surface area contributed by atoms with Gasteiger partial charge in [0.25, 0.3) is 5.91 Å². The molecular weight excluding hydrogens is 264 g/mol. The van der Waals surface area contributed by atoms with E-state index in [-0.39, 0.29) is 5.91 Å². The first-order valence-corrected chi connectivity index (χ1v) is 7.24. The first kappa shape index (κ1) is 13.7. The van der Waals surface area contributed by atoms with Gasteiger partial charge in [0.15, 0.2) is 0 Å². The van der Waals surface area contributed by atoms with Crippen molar-refractivity contribution in [2.45, 2.75) is 25.4 Å². The minimum atomic E-state index is 0.0745. The van der Waals surface area contributed by atoms with Gasteiger partial charge in [-0.15, -0.1) is 0 Å². The number of carbonyl (C=O) groups is 1. The number of hydrogen-bond acceptors (Lipinski definition) is 3. The molecule has 0 aliphatic heterocycles. The monoisotopic (exact) mass is 284 g/mol. The molecule has 1 aromatic carbocycles. The smallest absolute Gasteiger partial charge is 0.256 e. The molecule has 0 spiro atoms. The zero-order valence-corrected chi connectivity index (χ0v) is 12.4. The molecule has 1 amide bonds. The quantitative estimate of drug-likeness (QED) is 0.916.